The first-order valence-corrected chi connectivity index (χ1v) is 20.0. The van der Waals surface area contributed by atoms with Crippen LogP contribution >= 0.6 is 23.5 Å². The lowest BCUT2D eigenvalue weighted by molar-refractivity contribution is -0.646. The molecule has 28 nitrogen and oxygen atoms in total. The zero-order chi connectivity index (χ0) is 40.2. The number of imidazole rings is 2. The van der Waals surface area contributed by atoms with Gasteiger partial charge in [0.2, 0.25) is 24.5 Å². The van der Waals surface area contributed by atoms with E-state index in [2.05, 4.69) is 44.6 Å². The Kier molecular flexibility index (Phi) is 11.4. The quantitative estimate of drug-likeness (QED) is 0.0318. The molecule has 4 aromatic heterocycles. The number of phosphoric acid groups is 3. The summed E-state index contributed by atoms with van der Waals surface area (Å²) in [6.45, 7) is 1.29. The smallest absolute Gasteiger partial charge is 0.387 e. The third-order valence-corrected chi connectivity index (χ3v) is 12.3. The number of nitrogen functional groups attached to an aromatic ring is 2. The van der Waals surface area contributed by atoms with Gasteiger partial charge in [0.1, 0.15) is 36.6 Å². The predicted molar refractivity (Wildman–Crippen MR) is 178 cm³/mol. The number of hydrogen-bond donors (Lipinski definition) is 10. The Morgan fingerprint density at radius 1 is 0.873 bits per heavy atom. The second kappa shape index (κ2) is 15.3. The number of aryl methyl sites for hydroxylation is 1. The number of ether oxygens (including phenoxy) is 3. The highest BCUT2D eigenvalue weighted by atomic mass is 31.3. The van der Waals surface area contributed by atoms with Crippen molar-refractivity contribution >= 4 is 57.7 Å². The van der Waals surface area contributed by atoms with Gasteiger partial charge in [-0.2, -0.15) is 23.2 Å². The van der Waals surface area contributed by atoms with E-state index >= 15 is 0 Å². The molecule has 2 saturated heterocycles. The number of nitrogens with zero attached hydrogens (tertiary/aromatic N) is 6. The molecule has 0 spiro atoms. The fraction of sp³-hybridized carbons (Fsp3) is 0.500. The van der Waals surface area contributed by atoms with Crippen LogP contribution < -0.4 is 27.2 Å². The Balaban J connectivity index is 1.08. The van der Waals surface area contributed by atoms with E-state index in [0.29, 0.717) is 0 Å². The van der Waals surface area contributed by atoms with E-state index in [1.165, 1.54) is 28.6 Å². The summed E-state index contributed by atoms with van der Waals surface area (Å²) in [5.41, 5.74) is 9.60. The molecule has 12 N–H and O–H groups in total. The van der Waals surface area contributed by atoms with Gasteiger partial charge >= 0.3 is 29.0 Å². The number of rotatable bonds is 15. The van der Waals surface area contributed by atoms with Gasteiger partial charge < -0.3 is 55.7 Å². The van der Waals surface area contributed by atoms with E-state index in [0.717, 1.165) is 10.9 Å². The van der Waals surface area contributed by atoms with Gasteiger partial charge in [0.05, 0.1) is 33.2 Å². The lowest BCUT2D eigenvalue weighted by Crippen LogP contribution is -2.36. The number of aliphatic hydroxyl groups is 3. The minimum atomic E-state index is -6.00. The summed E-state index contributed by atoms with van der Waals surface area (Å²) in [5.74, 6) is -0.559. The summed E-state index contributed by atoms with van der Waals surface area (Å²) < 4.78 is 76.1. The van der Waals surface area contributed by atoms with E-state index in [4.69, 9.17) is 30.2 Å². The van der Waals surface area contributed by atoms with Crippen LogP contribution in [-0.2, 0) is 52.6 Å². The monoisotopic (exact) mass is 843 g/mol. The number of nitrogens with one attached hydrogen (secondary N) is 2. The lowest BCUT2D eigenvalue weighted by atomic mass is 10.1. The summed E-state index contributed by atoms with van der Waals surface area (Å²) in [5, 5.41) is 32.2. The van der Waals surface area contributed by atoms with E-state index in [-0.39, 0.29) is 40.8 Å². The molecule has 5 unspecified atom stereocenters. The fourth-order valence-corrected chi connectivity index (χ4v) is 9.33. The van der Waals surface area contributed by atoms with Crippen LogP contribution in [0, 0.1) is 0 Å². The average Bonchev–Trinajstić information content (AvgIpc) is 3.80. The van der Waals surface area contributed by atoms with Crippen molar-refractivity contribution in [3.05, 3.63) is 46.0 Å². The van der Waals surface area contributed by atoms with Gasteiger partial charge in [0, 0.05) is 0 Å². The van der Waals surface area contributed by atoms with Crippen molar-refractivity contribution < 1.29 is 80.1 Å². The first kappa shape index (κ1) is 40.9. The van der Waals surface area contributed by atoms with Gasteiger partial charge in [-0.05, 0) is 0 Å². The van der Waals surface area contributed by atoms with Crippen LogP contribution in [0.1, 0.15) is 12.5 Å². The summed E-state index contributed by atoms with van der Waals surface area (Å²) in [6, 6.07) is 0. The third kappa shape index (κ3) is 8.49. The summed E-state index contributed by atoms with van der Waals surface area (Å²) in [6.07, 6.45) is -8.61. The maximum Gasteiger partial charge on any atom is 0.490 e. The number of hydrogen-bond acceptors (Lipinski definition) is 20. The Labute approximate surface area is 305 Å². The molecular formula is C24H34N10O18P3+. The van der Waals surface area contributed by atoms with Crippen molar-refractivity contribution in [1.29, 1.82) is 0 Å². The van der Waals surface area contributed by atoms with Gasteiger partial charge in [0.25, 0.3) is 16.7 Å². The van der Waals surface area contributed by atoms with Gasteiger partial charge in [0.15, 0.2) is 17.4 Å². The molecule has 4 aromatic rings. The number of aromatic nitrogens is 8. The summed E-state index contributed by atoms with van der Waals surface area (Å²) >= 11 is 0. The van der Waals surface area contributed by atoms with Gasteiger partial charge in [-0.25, -0.2) is 23.2 Å². The van der Waals surface area contributed by atoms with Crippen molar-refractivity contribution in [3.63, 3.8) is 0 Å². The molecule has 0 amide bonds. The number of aromatic amines is 2. The maximum absolute atomic E-state index is 12.7. The van der Waals surface area contributed by atoms with Crippen LogP contribution in [0.3, 0.4) is 0 Å². The zero-order valence-electron chi connectivity index (χ0n) is 27.9. The number of H-pyrrole nitrogens is 2. The Hall–Kier alpha value is -3.79. The van der Waals surface area contributed by atoms with Crippen LogP contribution in [-0.4, -0.2) is 120 Å². The molecule has 0 aromatic carbocycles. The molecule has 55 heavy (non-hydrogen) atoms. The van der Waals surface area contributed by atoms with Crippen molar-refractivity contribution in [2.75, 3.05) is 31.3 Å². The highest BCUT2D eigenvalue weighted by molar-refractivity contribution is 7.66. The van der Waals surface area contributed by atoms with Crippen molar-refractivity contribution in [1.82, 2.24) is 34.1 Å². The molecule has 0 aliphatic carbocycles. The Morgan fingerprint density at radius 2 is 1.44 bits per heavy atom. The molecule has 6 rings (SSSR count). The summed E-state index contributed by atoms with van der Waals surface area (Å²) in [4.78, 5) is 71.4. The van der Waals surface area contributed by atoms with E-state index in [9.17, 15) is 53.3 Å². The van der Waals surface area contributed by atoms with Crippen LogP contribution in [0.5, 0.6) is 0 Å². The highest BCUT2D eigenvalue weighted by Gasteiger charge is 2.51. The number of aliphatic hydroxyl groups excluding tert-OH is 3. The fourth-order valence-electron chi connectivity index (χ4n) is 5.81. The second-order valence-electron chi connectivity index (χ2n) is 11.9. The molecular weight excluding hydrogens is 809 g/mol. The number of fused-ring (bicyclic) bond motifs is 2. The molecule has 2 aliphatic rings. The maximum atomic E-state index is 12.7. The van der Waals surface area contributed by atoms with Crippen molar-refractivity contribution in [2.24, 2.45) is 7.05 Å². The normalized spacial score (nSPS) is 29.0. The standard InChI is InChI=1S/C24H33N10O18P3/c1-3-4-46-16-10(50-22(15(16)37)34-8-32(2)12-18(34)29-24(26)31-20(12)39)6-48-54(42,43)52-55(44,45)51-53(40,41)47-5-9-13(35)14(36)21(49-9)33-7-27-11-17(33)28-23(25)30-19(11)38/h3,7-10,13-16,21-22,35-37H,1,4-6H2,2H3,(H8-,25,26,28,29,30,31,38,39,40,41,42,43,44,45)/p+1/t9-,10-,13?,14+,15+,16?,21-,22-/m1/s1. The average molecular weight is 844 g/mol. The highest BCUT2D eigenvalue weighted by Crippen LogP contribution is 2.68. The minimum absolute atomic E-state index is 0.0143. The van der Waals surface area contributed by atoms with Gasteiger partial charge in [-0.1, -0.05) is 6.08 Å². The predicted octanol–water partition coefficient (Wildman–Crippen LogP) is -3.34. The Bertz CT molecular complexity index is 2370. The van der Waals surface area contributed by atoms with Crippen LogP contribution in [0.25, 0.3) is 22.3 Å². The molecule has 11 atom stereocenters. The molecule has 31 heteroatoms. The number of phosphoric ester groups is 2. The first-order chi connectivity index (χ1) is 25.7. The zero-order valence-corrected chi connectivity index (χ0v) is 30.6. The van der Waals surface area contributed by atoms with E-state index < -0.39 is 96.9 Å². The van der Waals surface area contributed by atoms with Gasteiger partial charge in [-0.3, -0.25) is 33.2 Å². The second-order valence-corrected chi connectivity index (χ2v) is 16.5. The van der Waals surface area contributed by atoms with Crippen molar-refractivity contribution in [2.45, 2.75) is 49.1 Å². The molecule has 0 radical (unpaired) electrons. The van der Waals surface area contributed by atoms with Crippen molar-refractivity contribution in [3.8, 4) is 0 Å². The lowest BCUT2D eigenvalue weighted by Gasteiger charge is -2.22. The minimum Gasteiger partial charge on any atom is -0.387 e. The topological polar surface area (TPSA) is 407 Å². The Morgan fingerprint density at radius 3 is 2.07 bits per heavy atom. The molecule has 0 bridgehead atoms. The molecule has 0 saturated carbocycles. The number of nitrogens with two attached hydrogens (primary N) is 2. The SMILES string of the molecule is C=CCOC1[C@@H](COP(=O)(O)OP(=O)(O)OP(=O)(O)OC[C@H]2O[C@@H](n3cnc4c(=O)[nH]c(N)nc43)[C@@H](O)C2O)O[C@@H](n2c[n+](C)c3c(=O)[nH]c(N)nc32)[C@H]1O. The molecule has 2 fully saturated rings. The van der Waals surface area contributed by atoms with Crippen LogP contribution in [0.15, 0.2) is 34.9 Å². The molecule has 2 aliphatic heterocycles. The third-order valence-electron chi connectivity index (χ3n) is 8.06. The largest absolute Gasteiger partial charge is 0.490 e. The van der Waals surface area contributed by atoms with E-state index in [1.54, 1.807) is 0 Å². The molecule has 6 heterocycles. The summed E-state index contributed by atoms with van der Waals surface area (Å²) in [7, 11) is -15.9. The number of anilines is 2. The van der Waals surface area contributed by atoms with E-state index in [1.807, 2.05) is 0 Å². The van der Waals surface area contributed by atoms with Gasteiger partial charge in [-0.15, -0.1) is 6.58 Å². The van der Waals surface area contributed by atoms with Crippen LogP contribution in [0.2, 0.25) is 0 Å². The van der Waals surface area contributed by atoms with Crippen LogP contribution in [0.4, 0.5) is 11.9 Å². The first-order valence-electron chi connectivity index (χ1n) is 15.5. The molecule has 302 valence electrons.